The maximum absolute atomic E-state index is 14.0. The lowest BCUT2D eigenvalue weighted by atomic mass is 10.1. The number of hydrogen-bond acceptors (Lipinski definition) is 8. The first kappa shape index (κ1) is 31.9. The quantitative estimate of drug-likeness (QED) is 0.142. The van der Waals surface area contributed by atoms with Crippen LogP contribution in [0.4, 0.5) is 11.9 Å². The molecule has 0 aliphatic rings. The second kappa shape index (κ2) is 13.2. The molecule has 0 saturated carbocycles. The number of fused-ring (bicyclic) bond motifs is 2. The average molecular weight is 633 g/mol. The van der Waals surface area contributed by atoms with Gasteiger partial charge in [-0.1, -0.05) is 55.4 Å². The van der Waals surface area contributed by atoms with E-state index in [0.29, 0.717) is 45.0 Å². The summed E-state index contributed by atoms with van der Waals surface area (Å²) in [6.45, 7) is 20.6. The van der Waals surface area contributed by atoms with Gasteiger partial charge in [0.05, 0.1) is 22.4 Å². The molecule has 0 N–H and O–H groups in total. The van der Waals surface area contributed by atoms with Gasteiger partial charge in [0.25, 0.3) is 11.1 Å². The summed E-state index contributed by atoms with van der Waals surface area (Å²) in [5.41, 5.74) is 2.73. The number of nitrogens with zero attached hydrogens (tertiary/aromatic N) is 6. The maximum Gasteiger partial charge on any atom is 0.277 e. The van der Waals surface area contributed by atoms with Crippen LogP contribution < -0.4 is 20.9 Å². The molecule has 0 atom stereocenters. The summed E-state index contributed by atoms with van der Waals surface area (Å²) in [4.78, 5) is 42.5. The molecule has 0 unspecified atom stereocenters. The number of rotatable bonds is 12. The molecule has 0 radical (unpaired) electrons. The van der Waals surface area contributed by atoms with E-state index in [1.165, 1.54) is 22.7 Å². The third-order valence-corrected chi connectivity index (χ3v) is 8.98. The Labute approximate surface area is 267 Å². The van der Waals surface area contributed by atoms with E-state index in [9.17, 15) is 9.59 Å². The van der Waals surface area contributed by atoms with Crippen LogP contribution in [-0.4, -0.2) is 45.3 Å². The summed E-state index contributed by atoms with van der Waals surface area (Å²) < 4.78 is 4.75. The molecule has 0 spiro atoms. The minimum atomic E-state index is -0.0789. The summed E-state index contributed by atoms with van der Waals surface area (Å²) >= 11 is 2.83. The maximum atomic E-state index is 14.0. The molecule has 0 fully saturated rings. The van der Waals surface area contributed by atoms with Crippen LogP contribution in [0.25, 0.3) is 31.8 Å². The first-order chi connectivity index (χ1) is 20.9. The van der Waals surface area contributed by atoms with Crippen molar-refractivity contribution in [2.45, 2.75) is 55.4 Å². The highest BCUT2D eigenvalue weighted by Crippen LogP contribution is 2.27. The van der Waals surface area contributed by atoms with Crippen molar-refractivity contribution in [3.8, 4) is 11.4 Å². The molecule has 1 aromatic carbocycles. The molecule has 0 amide bonds. The van der Waals surface area contributed by atoms with Gasteiger partial charge in [0.2, 0.25) is 11.9 Å². The molecule has 8 nitrogen and oxygen atoms in total. The van der Waals surface area contributed by atoms with Gasteiger partial charge >= 0.3 is 0 Å². The van der Waals surface area contributed by atoms with Crippen LogP contribution in [0.15, 0.2) is 56.7 Å². The largest absolute Gasteiger partial charge is 0.341 e. The molecular formula is C34H44N6O2S2. The Morgan fingerprint density at radius 1 is 0.568 bits per heavy atom. The van der Waals surface area contributed by atoms with Crippen molar-refractivity contribution in [3.63, 3.8) is 0 Å². The summed E-state index contributed by atoms with van der Waals surface area (Å²) in [5, 5.41) is 3.85. The third kappa shape index (κ3) is 6.61. The molecule has 0 aliphatic carbocycles. The fourth-order valence-electron chi connectivity index (χ4n) is 5.68. The van der Waals surface area contributed by atoms with Crippen LogP contribution in [0.2, 0.25) is 0 Å². The van der Waals surface area contributed by atoms with Crippen LogP contribution in [0.1, 0.15) is 55.4 Å². The molecule has 0 saturated heterocycles. The Morgan fingerprint density at radius 3 is 1.18 bits per heavy atom. The molecule has 44 heavy (non-hydrogen) atoms. The van der Waals surface area contributed by atoms with Gasteiger partial charge in [0.1, 0.15) is 9.40 Å². The highest BCUT2D eigenvalue weighted by molar-refractivity contribution is 7.17. The lowest BCUT2D eigenvalue weighted by molar-refractivity contribution is 0.539. The summed E-state index contributed by atoms with van der Waals surface area (Å²) in [6, 6.07) is 11.5. The lowest BCUT2D eigenvalue weighted by Crippen LogP contribution is -2.37. The van der Waals surface area contributed by atoms with E-state index in [4.69, 9.17) is 9.97 Å². The van der Waals surface area contributed by atoms with Gasteiger partial charge in [-0.25, -0.2) is 19.1 Å². The molecule has 0 aliphatic heterocycles. The van der Waals surface area contributed by atoms with Crippen LogP contribution in [0, 0.1) is 23.7 Å². The smallest absolute Gasteiger partial charge is 0.277 e. The van der Waals surface area contributed by atoms with Crippen molar-refractivity contribution in [1.29, 1.82) is 0 Å². The van der Waals surface area contributed by atoms with Gasteiger partial charge < -0.3 is 9.80 Å². The van der Waals surface area contributed by atoms with E-state index in [1.807, 2.05) is 47.2 Å². The standard InChI is InChI=1S/C34H44N6O2S2/c1-21(2)17-37(18-22(3)4)33-35-27-13-15-43-29(27)31(41)39(33)25-9-11-26(12-10-25)40-32(42)30-28(14-16-44-30)36-34(40)38(19-23(5)6)20-24(7)8/h9-16,21-24H,17-20H2,1-8H3. The minimum Gasteiger partial charge on any atom is -0.341 e. The molecule has 234 valence electrons. The number of aromatic nitrogens is 4. The Balaban J connectivity index is 1.68. The Hall–Kier alpha value is -3.50. The van der Waals surface area contributed by atoms with E-state index in [0.717, 1.165) is 48.6 Å². The Morgan fingerprint density at radius 2 is 0.886 bits per heavy atom. The van der Waals surface area contributed by atoms with Crippen molar-refractivity contribution in [2.24, 2.45) is 23.7 Å². The van der Waals surface area contributed by atoms with Crippen molar-refractivity contribution in [3.05, 3.63) is 67.9 Å². The van der Waals surface area contributed by atoms with Gasteiger partial charge in [-0.05, 0) is 70.8 Å². The monoisotopic (exact) mass is 632 g/mol. The molecule has 5 rings (SSSR count). The average Bonchev–Trinajstić information content (AvgIpc) is 3.62. The molecule has 4 heterocycles. The van der Waals surface area contributed by atoms with Gasteiger partial charge in [-0.2, -0.15) is 0 Å². The second-order valence-corrected chi connectivity index (χ2v) is 15.1. The van der Waals surface area contributed by atoms with Crippen LogP contribution >= 0.6 is 22.7 Å². The summed E-state index contributed by atoms with van der Waals surface area (Å²) in [6.07, 6.45) is 0. The van der Waals surface area contributed by atoms with Gasteiger partial charge in [0.15, 0.2) is 0 Å². The Kier molecular flexibility index (Phi) is 9.60. The molecule has 4 aromatic heterocycles. The van der Waals surface area contributed by atoms with Crippen molar-refractivity contribution in [1.82, 2.24) is 19.1 Å². The zero-order valence-corrected chi connectivity index (χ0v) is 28.7. The topological polar surface area (TPSA) is 76.3 Å². The van der Waals surface area contributed by atoms with Crippen molar-refractivity contribution < 1.29 is 0 Å². The molecule has 5 aromatic rings. The molecular weight excluding hydrogens is 589 g/mol. The lowest BCUT2D eigenvalue weighted by Gasteiger charge is -2.30. The fraction of sp³-hybridized carbons (Fsp3) is 0.471. The van der Waals surface area contributed by atoms with Gasteiger partial charge in [-0.3, -0.25) is 9.59 Å². The second-order valence-electron chi connectivity index (χ2n) is 13.3. The van der Waals surface area contributed by atoms with Crippen molar-refractivity contribution in [2.75, 3.05) is 36.0 Å². The molecule has 10 heteroatoms. The number of hydrogen-bond donors (Lipinski definition) is 0. The van der Waals surface area contributed by atoms with Crippen LogP contribution in [-0.2, 0) is 0 Å². The Bertz CT molecular complexity index is 1690. The first-order valence-electron chi connectivity index (χ1n) is 15.6. The molecule has 0 bridgehead atoms. The summed E-state index contributed by atoms with van der Waals surface area (Å²) in [5.74, 6) is 2.87. The van der Waals surface area contributed by atoms with Gasteiger partial charge in [-0.15, -0.1) is 22.7 Å². The van der Waals surface area contributed by atoms with E-state index >= 15 is 0 Å². The zero-order valence-electron chi connectivity index (χ0n) is 27.1. The van der Waals surface area contributed by atoms with Crippen LogP contribution in [0.5, 0.6) is 0 Å². The highest BCUT2D eigenvalue weighted by Gasteiger charge is 2.23. The number of thiophene rings is 2. The normalized spacial score (nSPS) is 12.1. The number of anilines is 2. The minimum absolute atomic E-state index is 0.0789. The van der Waals surface area contributed by atoms with Crippen LogP contribution in [0.3, 0.4) is 0 Å². The predicted octanol–water partition coefficient (Wildman–Crippen LogP) is 7.44. The SMILES string of the molecule is CC(C)CN(CC(C)C)c1nc2ccsc2c(=O)n1-c1ccc(-n2c(N(CC(C)C)CC(C)C)nc3ccsc3c2=O)cc1. The summed E-state index contributed by atoms with van der Waals surface area (Å²) in [7, 11) is 0. The first-order valence-corrected chi connectivity index (χ1v) is 17.3. The zero-order chi connectivity index (χ0) is 31.7. The van der Waals surface area contributed by atoms with E-state index in [-0.39, 0.29) is 11.1 Å². The van der Waals surface area contributed by atoms with Crippen molar-refractivity contribution >= 4 is 55.0 Å². The van der Waals surface area contributed by atoms with E-state index in [1.54, 1.807) is 9.13 Å². The predicted molar refractivity (Wildman–Crippen MR) is 188 cm³/mol. The third-order valence-electron chi connectivity index (χ3n) is 7.20. The highest BCUT2D eigenvalue weighted by atomic mass is 32.1. The van der Waals surface area contributed by atoms with E-state index in [2.05, 4.69) is 65.2 Å². The fourth-order valence-corrected chi connectivity index (χ4v) is 7.20. The number of benzene rings is 1. The van der Waals surface area contributed by atoms with Gasteiger partial charge in [0, 0.05) is 26.2 Å². The van der Waals surface area contributed by atoms with E-state index < -0.39 is 0 Å².